The van der Waals surface area contributed by atoms with E-state index in [-0.39, 0.29) is 12.2 Å². The number of hydrogen-bond acceptors (Lipinski definition) is 5. The van der Waals surface area contributed by atoms with Gasteiger partial charge in [-0.15, -0.1) is 0 Å². The van der Waals surface area contributed by atoms with Crippen molar-refractivity contribution >= 4 is 7.82 Å². The lowest BCUT2D eigenvalue weighted by atomic mass is 10.2. The van der Waals surface area contributed by atoms with Crippen molar-refractivity contribution < 1.29 is 22.9 Å². The summed E-state index contributed by atoms with van der Waals surface area (Å²) < 4.78 is 31.2. The SMILES string of the molecule is CCC(OC)C(C)OP(=O)(OC)OC. The second-order valence-electron chi connectivity index (χ2n) is 2.81. The van der Waals surface area contributed by atoms with Gasteiger partial charge >= 0.3 is 7.82 Å². The smallest absolute Gasteiger partial charge is 0.379 e. The minimum atomic E-state index is -3.40. The molecule has 2 unspecified atom stereocenters. The van der Waals surface area contributed by atoms with Crippen molar-refractivity contribution in [2.24, 2.45) is 0 Å². The Morgan fingerprint density at radius 1 is 1.21 bits per heavy atom. The van der Waals surface area contributed by atoms with E-state index in [2.05, 4.69) is 9.05 Å². The van der Waals surface area contributed by atoms with Crippen LogP contribution in [-0.4, -0.2) is 33.5 Å². The fraction of sp³-hybridized carbons (Fsp3) is 1.00. The Morgan fingerprint density at radius 3 is 2.00 bits per heavy atom. The Labute approximate surface area is 85.3 Å². The van der Waals surface area contributed by atoms with Gasteiger partial charge in [-0.3, -0.25) is 13.6 Å². The largest absolute Gasteiger partial charge is 0.474 e. The molecule has 0 bridgehead atoms. The van der Waals surface area contributed by atoms with E-state index in [0.29, 0.717) is 0 Å². The summed E-state index contributed by atoms with van der Waals surface area (Å²) in [5, 5.41) is 0. The van der Waals surface area contributed by atoms with Crippen LogP contribution in [0.3, 0.4) is 0 Å². The van der Waals surface area contributed by atoms with E-state index in [1.54, 1.807) is 14.0 Å². The van der Waals surface area contributed by atoms with Crippen molar-refractivity contribution in [2.75, 3.05) is 21.3 Å². The molecule has 0 aromatic rings. The summed E-state index contributed by atoms with van der Waals surface area (Å²) in [6.07, 6.45) is 0.315. The van der Waals surface area contributed by atoms with Crippen molar-refractivity contribution in [3.05, 3.63) is 0 Å². The minimum Gasteiger partial charge on any atom is -0.379 e. The van der Waals surface area contributed by atoms with Gasteiger partial charge in [0.2, 0.25) is 0 Å². The van der Waals surface area contributed by atoms with Gasteiger partial charge < -0.3 is 4.74 Å². The molecule has 0 spiro atoms. The summed E-state index contributed by atoms with van der Waals surface area (Å²) in [4.78, 5) is 0. The third-order valence-corrected chi connectivity index (χ3v) is 3.46. The van der Waals surface area contributed by atoms with Crippen LogP contribution in [0.4, 0.5) is 0 Å². The predicted molar refractivity (Wildman–Crippen MR) is 53.3 cm³/mol. The Morgan fingerprint density at radius 2 is 1.71 bits per heavy atom. The van der Waals surface area contributed by atoms with Crippen LogP contribution in [-0.2, 0) is 22.9 Å². The molecule has 5 nitrogen and oxygen atoms in total. The molecular formula is C8H19O5P. The Bertz CT molecular complexity index is 184. The van der Waals surface area contributed by atoms with Gasteiger partial charge in [-0.1, -0.05) is 6.92 Å². The predicted octanol–water partition coefficient (Wildman–Crippen LogP) is 2.22. The maximum Gasteiger partial charge on any atom is 0.474 e. The average molecular weight is 226 g/mol. The first-order chi connectivity index (χ1) is 6.52. The first-order valence-corrected chi connectivity index (χ1v) is 5.91. The fourth-order valence-corrected chi connectivity index (χ4v) is 1.99. The van der Waals surface area contributed by atoms with Crippen LogP contribution in [0.15, 0.2) is 0 Å². The Balaban J connectivity index is 4.28. The molecule has 0 amide bonds. The monoisotopic (exact) mass is 226 g/mol. The lowest BCUT2D eigenvalue weighted by Crippen LogP contribution is -2.26. The van der Waals surface area contributed by atoms with Crippen molar-refractivity contribution in [3.8, 4) is 0 Å². The number of phosphoric ester groups is 1. The Kier molecular flexibility index (Phi) is 6.57. The number of methoxy groups -OCH3 is 1. The molecule has 0 heterocycles. The van der Waals surface area contributed by atoms with Crippen molar-refractivity contribution in [3.63, 3.8) is 0 Å². The van der Waals surface area contributed by atoms with Crippen LogP contribution in [0.25, 0.3) is 0 Å². The highest BCUT2D eigenvalue weighted by Crippen LogP contribution is 2.49. The molecule has 0 rings (SSSR count). The van der Waals surface area contributed by atoms with Gasteiger partial charge in [-0.25, -0.2) is 4.57 Å². The van der Waals surface area contributed by atoms with E-state index < -0.39 is 7.82 Å². The van der Waals surface area contributed by atoms with E-state index in [1.165, 1.54) is 14.2 Å². The van der Waals surface area contributed by atoms with Crippen molar-refractivity contribution in [2.45, 2.75) is 32.5 Å². The molecule has 0 radical (unpaired) electrons. The second kappa shape index (κ2) is 6.53. The molecule has 2 atom stereocenters. The zero-order chi connectivity index (χ0) is 11.2. The van der Waals surface area contributed by atoms with Gasteiger partial charge in [-0.05, 0) is 13.3 Å². The first-order valence-electron chi connectivity index (χ1n) is 4.45. The van der Waals surface area contributed by atoms with E-state index in [9.17, 15) is 4.57 Å². The average Bonchev–Trinajstić information content (AvgIpc) is 2.19. The van der Waals surface area contributed by atoms with E-state index in [4.69, 9.17) is 9.26 Å². The molecule has 86 valence electrons. The molecule has 14 heavy (non-hydrogen) atoms. The minimum absolute atomic E-state index is 0.117. The van der Waals surface area contributed by atoms with Gasteiger partial charge in [0.15, 0.2) is 0 Å². The lowest BCUT2D eigenvalue weighted by Gasteiger charge is -2.24. The standard InChI is InChI=1S/C8H19O5P/c1-6-8(10-3)7(2)13-14(9,11-4)12-5/h7-8H,6H2,1-5H3. The van der Waals surface area contributed by atoms with Crippen LogP contribution in [0, 0.1) is 0 Å². The zero-order valence-corrected chi connectivity index (χ0v) is 10.2. The summed E-state index contributed by atoms with van der Waals surface area (Å²) in [6, 6.07) is 0. The van der Waals surface area contributed by atoms with Crippen LogP contribution >= 0.6 is 7.82 Å². The topological polar surface area (TPSA) is 54.0 Å². The third kappa shape index (κ3) is 4.07. The molecule has 0 saturated heterocycles. The maximum absolute atomic E-state index is 11.6. The Hall–Kier alpha value is 0.0700. The molecular weight excluding hydrogens is 207 g/mol. The van der Waals surface area contributed by atoms with Gasteiger partial charge in [0.1, 0.15) is 0 Å². The van der Waals surface area contributed by atoms with E-state index in [1.807, 2.05) is 6.92 Å². The van der Waals surface area contributed by atoms with Gasteiger partial charge in [-0.2, -0.15) is 0 Å². The van der Waals surface area contributed by atoms with Crippen molar-refractivity contribution in [1.29, 1.82) is 0 Å². The normalized spacial score (nSPS) is 16.6. The number of hydrogen-bond donors (Lipinski definition) is 0. The third-order valence-electron chi connectivity index (χ3n) is 1.97. The van der Waals surface area contributed by atoms with Crippen LogP contribution < -0.4 is 0 Å². The summed E-state index contributed by atoms with van der Waals surface area (Å²) in [6.45, 7) is 3.72. The highest BCUT2D eigenvalue weighted by Gasteiger charge is 2.29. The molecule has 0 aliphatic heterocycles. The number of phosphoric acid groups is 1. The fourth-order valence-electron chi connectivity index (χ4n) is 1.12. The molecule has 0 saturated carbocycles. The molecule has 0 aliphatic rings. The maximum atomic E-state index is 11.6. The van der Waals surface area contributed by atoms with Crippen molar-refractivity contribution in [1.82, 2.24) is 0 Å². The van der Waals surface area contributed by atoms with Crippen LogP contribution in [0.1, 0.15) is 20.3 Å². The molecule has 0 aliphatic carbocycles. The van der Waals surface area contributed by atoms with Gasteiger partial charge in [0, 0.05) is 21.3 Å². The molecule has 6 heteroatoms. The first kappa shape index (κ1) is 14.1. The highest BCUT2D eigenvalue weighted by atomic mass is 31.2. The second-order valence-corrected chi connectivity index (χ2v) is 4.64. The highest BCUT2D eigenvalue weighted by molar-refractivity contribution is 7.48. The van der Waals surface area contributed by atoms with E-state index in [0.717, 1.165) is 6.42 Å². The van der Waals surface area contributed by atoms with Gasteiger partial charge in [0.25, 0.3) is 0 Å². The van der Waals surface area contributed by atoms with Crippen LogP contribution in [0.2, 0.25) is 0 Å². The molecule has 0 fully saturated rings. The molecule has 0 aromatic heterocycles. The summed E-state index contributed by atoms with van der Waals surface area (Å²) in [7, 11) is 0.749. The quantitative estimate of drug-likeness (QED) is 0.623. The lowest BCUT2D eigenvalue weighted by molar-refractivity contribution is -0.00909. The summed E-state index contributed by atoms with van der Waals surface area (Å²) >= 11 is 0. The zero-order valence-electron chi connectivity index (χ0n) is 9.35. The summed E-state index contributed by atoms with van der Waals surface area (Å²) in [5.74, 6) is 0. The van der Waals surface area contributed by atoms with Gasteiger partial charge in [0.05, 0.1) is 12.2 Å². The van der Waals surface area contributed by atoms with Crippen LogP contribution in [0.5, 0.6) is 0 Å². The number of ether oxygens (including phenoxy) is 1. The molecule has 0 aromatic carbocycles. The number of rotatable bonds is 7. The summed E-state index contributed by atoms with van der Waals surface area (Å²) in [5.41, 5.74) is 0. The van der Waals surface area contributed by atoms with E-state index >= 15 is 0 Å². The molecule has 0 N–H and O–H groups in total.